The molecule has 3 aromatic rings. The first-order valence-corrected chi connectivity index (χ1v) is 7.45. The largest absolute Gasteiger partial charge is 0.349 e. The summed E-state index contributed by atoms with van der Waals surface area (Å²) >= 11 is 0. The van der Waals surface area contributed by atoms with E-state index in [2.05, 4.69) is 41.5 Å². The van der Waals surface area contributed by atoms with Crippen molar-refractivity contribution >= 4 is 11.4 Å². The summed E-state index contributed by atoms with van der Waals surface area (Å²) in [6, 6.07) is 14.2. The molecule has 0 spiro atoms. The maximum atomic E-state index is 12.0. The number of fused-ring (bicyclic) bond motifs is 1. The molecule has 2 aromatic heterocycles. The number of imidazole rings is 1. The van der Waals surface area contributed by atoms with Crippen LogP contribution < -0.4 is 5.32 Å². The average molecular weight is 293 g/mol. The Hall–Kier alpha value is -2.62. The summed E-state index contributed by atoms with van der Waals surface area (Å²) in [4.78, 5) is 16.3. The highest BCUT2D eigenvalue weighted by Gasteiger charge is 2.06. The van der Waals surface area contributed by atoms with Crippen LogP contribution in [0.1, 0.15) is 23.4 Å². The van der Waals surface area contributed by atoms with E-state index >= 15 is 0 Å². The molecule has 2 heterocycles. The van der Waals surface area contributed by atoms with Gasteiger partial charge in [-0.15, -0.1) is 0 Å². The number of benzene rings is 1. The third kappa shape index (κ3) is 3.34. The fourth-order valence-electron chi connectivity index (χ4n) is 2.41. The van der Waals surface area contributed by atoms with Crippen LogP contribution in [0.3, 0.4) is 0 Å². The lowest BCUT2D eigenvalue weighted by Gasteiger charge is -2.05. The Morgan fingerprint density at radius 3 is 2.82 bits per heavy atom. The molecule has 0 fully saturated rings. The third-order valence-electron chi connectivity index (χ3n) is 3.72. The maximum absolute atomic E-state index is 12.0. The molecule has 0 bridgehead atoms. The lowest BCUT2D eigenvalue weighted by Crippen LogP contribution is -2.24. The van der Waals surface area contributed by atoms with E-state index in [-0.39, 0.29) is 5.91 Å². The Morgan fingerprint density at radius 2 is 2.00 bits per heavy atom. The molecular formula is C18H19N3O. The lowest BCUT2D eigenvalue weighted by molar-refractivity contribution is -0.121. The van der Waals surface area contributed by atoms with E-state index in [1.165, 1.54) is 11.1 Å². The maximum Gasteiger partial charge on any atom is 0.220 e. The van der Waals surface area contributed by atoms with Crippen LogP contribution in [0.25, 0.3) is 5.52 Å². The number of nitrogens with one attached hydrogen (secondary N) is 1. The Kier molecular flexibility index (Phi) is 4.19. The number of rotatable bonds is 5. The second kappa shape index (κ2) is 6.43. The first-order valence-electron chi connectivity index (χ1n) is 7.45. The van der Waals surface area contributed by atoms with E-state index in [0.717, 1.165) is 17.8 Å². The number of hydrogen-bond acceptors (Lipinski definition) is 2. The molecule has 0 saturated carbocycles. The van der Waals surface area contributed by atoms with Gasteiger partial charge in [0.25, 0.3) is 0 Å². The van der Waals surface area contributed by atoms with Crippen LogP contribution in [0, 0.1) is 6.92 Å². The van der Waals surface area contributed by atoms with Crippen LogP contribution >= 0.6 is 0 Å². The summed E-state index contributed by atoms with van der Waals surface area (Å²) in [5.41, 5.74) is 3.46. The molecule has 22 heavy (non-hydrogen) atoms. The minimum atomic E-state index is 0.0493. The van der Waals surface area contributed by atoms with Crippen LogP contribution in [0.5, 0.6) is 0 Å². The molecule has 4 heteroatoms. The lowest BCUT2D eigenvalue weighted by atomic mass is 10.1. The fourth-order valence-corrected chi connectivity index (χ4v) is 2.41. The standard InChI is InChI=1S/C18H19N3O/c1-14-5-7-15(8-6-14)9-10-18(22)20-13-17-19-12-16-4-2-3-11-21(16)17/h2-8,11-12H,9-10,13H2,1H3,(H,20,22). The summed E-state index contributed by atoms with van der Waals surface area (Å²) in [6.07, 6.45) is 5.02. The van der Waals surface area contributed by atoms with Crippen molar-refractivity contribution in [3.8, 4) is 0 Å². The zero-order valence-corrected chi connectivity index (χ0v) is 12.6. The molecule has 0 unspecified atom stereocenters. The number of aryl methyl sites for hydroxylation is 2. The topological polar surface area (TPSA) is 46.4 Å². The zero-order valence-electron chi connectivity index (χ0n) is 12.6. The van der Waals surface area contributed by atoms with Crippen molar-refractivity contribution in [2.45, 2.75) is 26.3 Å². The van der Waals surface area contributed by atoms with Crippen molar-refractivity contribution in [1.82, 2.24) is 14.7 Å². The van der Waals surface area contributed by atoms with Crippen molar-refractivity contribution < 1.29 is 4.79 Å². The molecule has 0 aliphatic carbocycles. The Bertz CT molecular complexity index is 774. The van der Waals surface area contributed by atoms with Crippen molar-refractivity contribution in [3.63, 3.8) is 0 Å². The molecule has 0 aliphatic heterocycles. The molecular weight excluding hydrogens is 274 g/mol. The average Bonchev–Trinajstić information content (AvgIpc) is 2.96. The van der Waals surface area contributed by atoms with Gasteiger partial charge in [-0.2, -0.15) is 0 Å². The van der Waals surface area contributed by atoms with Crippen molar-refractivity contribution in [2.24, 2.45) is 0 Å². The smallest absolute Gasteiger partial charge is 0.220 e. The second-order valence-electron chi connectivity index (χ2n) is 5.43. The van der Waals surface area contributed by atoms with Gasteiger partial charge >= 0.3 is 0 Å². The highest BCUT2D eigenvalue weighted by Crippen LogP contribution is 2.07. The number of hydrogen-bond donors (Lipinski definition) is 1. The molecule has 0 saturated heterocycles. The number of pyridine rings is 1. The first kappa shape index (κ1) is 14.3. The van der Waals surface area contributed by atoms with Gasteiger partial charge in [0.1, 0.15) is 5.82 Å². The van der Waals surface area contributed by atoms with Crippen molar-refractivity contribution in [1.29, 1.82) is 0 Å². The molecule has 112 valence electrons. The van der Waals surface area contributed by atoms with Crippen LogP contribution in [0.2, 0.25) is 0 Å². The molecule has 3 rings (SSSR count). The summed E-state index contributed by atoms with van der Waals surface area (Å²) < 4.78 is 1.99. The van der Waals surface area contributed by atoms with E-state index in [4.69, 9.17) is 0 Å². The predicted octanol–water partition coefficient (Wildman–Crippen LogP) is 2.89. The number of carbonyl (C=O) groups excluding carboxylic acids is 1. The minimum absolute atomic E-state index is 0.0493. The highest BCUT2D eigenvalue weighted by atomic mass is 16.1. The molecule has 0 aliphatic rings. The van der Waals surface area contributed by atoms with E-state index in [1.807, 2.05) is 35.0 Å². The third-order valence-corrected chi connectivity index (χ3v) is 3.72. The number of carbonyl (C=O) groups is 1. The van der Waals surface area contributed by atoms with Gasteiger partial charge in [0, 0.05) is 12.6 Å². The summed E-state index contributed by atoms with van der Waals surface area (Å²) in [5.74, 6) is 0.896. The van der Waals surface area contributed by atoms with E-state index in [1.54, 1.807) is 0 Å². The van der Waals surface area contributed by atoms with Gasteiger partial charge in [0.15, 0.2) is 0 Å². The summed E-state index contributed by atoms with van der Waals surface area (Å²) in [6.45, 7) is 2.51. The van der Waals surface area contributed by atoms with Gasteiger partial charge in [-0.1, -0.05) is 35.9 Å². The minimum Gasteiger partial charge on any atom is -0.349 e. The van der Waals surface area contributed by atoms with Gasteiger partial charge in [0.2, 0.25) is 5.91 Å². The molecule has 1 N–H and O–H groups in total. The van der Waals surface area contributed by atoms with Crippen molar-refractivity contribution in [3.05, 3.63) is 71.8 Å². The monoisotopic (exact) mass is 293 g/mol. The Balaban J connectivity index is 1.53. The molecule has 4 nitrogen and oxygen atoms in total. The van der Waals surface area contributed by atoms with Crippen LogP contribution in [0.4, 0.5) is 0 Å². The quantitative estimate of drug-likeness (QED) is 0.786. The summed E-state index contributed by atoms with van der Waals surface area (Å²) in [5, 5.41) is 2.94. The number of nitrogens with zero attached hydrogens (tertiary/aromatic N) is 2. The fraction of sp³-hybridized carbons (Fsp3) is 0.222. The van der Waals surface area contributed by atoms with Gasteiger partial charge in [-0.25, -0.2) is 4.98 Å². The van der Waals surface area contributed by atoms with E-state index < -0.39 is 0 Å². The molecule has 0 radical (unpaired) electrons. The molecule has 0 atom stereocenters. The van der Waals surface area contributed by atoms with Crippen LogP contribution in [-0.4, -0.2) is 15.3 Å². The summed E-state index contributed by atoms with van der Waals surface area (Å²) in [7, 11) is 0. The highest BCUT2D eigenvalue weighted by molar-refractivity contribution is 5.76. The Labute approximate surface area is 129 Å². The number of amides is 1. The van der Waals surface area contributed by atoms with Crippen LogP contribution in [-0.2, 0) is 17.8 Å². The molecule has 1 amide bonds. The zero-order chi connectivity index (χ0) is 15.4. The van der Waals surface area contributed by atoms with E-state index in [9.17, 15) is 4.79 Å². The Morgan fingerprint density at radius 1 is 1.18 bits per heavy atom. The van der Waals surface area contributed by atoms with Gasteiger partial charge in [-0.05, 0) is 31.0 Å². The van der Waals surface area contributed by atoms with Gasteiger partial charge in [0.05, 0.1) is 18.3 Å². The SMILES string of the molecule is Cc1ccc(CCC(=O)NCc2ncc3ccccn23)cc1. The van der Waals surface area contributed by atoms with Crippen molar-refractivity contribution in [2.75, 3.05) is 0 Å². The van der Waals surface area contributed by atoms with Gasteiger partial charge in [-0.3, -0.25) is 4.79 Å². The van der Waals surface area contributed by atoms with E-state index in [0.29, 0.717) is 13.0 Å². The molecule has 1 aromatic carbocycles. The normalized spacial score (nSPS) is 10.8. The van der Waals surface area contributed by atoms with Gasteiger partial charge < -0.3 is 9.72 Å². The predicted molar refractivity (Wildman–Crippen MR) is 86.5 cm³/mol. The second-order valence-corrected chi connectivity index (χ2v) is 5.43. The first-order chi connectivity index (χ1) is 10.7. The van der Waals surface area contributed by atoms with Crippen LogP contribution in [0.15, 0.2) is 54.9 Å². The number of aromatic nitrogens is 2.